The van der Waals surface area contributed by atoms with Crippen molar-refractivity contribution in [2.75, 3.05) is 11.9 Å². The highest BCUT2D eigenvalue weighted by Crippen LogP contribution is 2.26. The van der Waals surface area contributed by atoms with Crippen molar-refractivity contribution in [3.8, 4) is 11.3 Å². The van der Waals surface area contributed by atoms with Gasteiger partial charge >= 0.3 is 0 Å². The maximum Gasteiger partial charge on any atom is 0.129 e. The SMILES string of the molecule is CCCNc1cc(-c2cc(Cl)cc(Cl)c2)ncn1. The van der Waals surface area contributed by atoms with Crippen molar-refractivity contribution in [3.63, 3.8) is 0 Å². The van der Waals surface area contributed by atoms with Crippen LogP contribution in [0.15, 0.2) is 30.6 Å². The van der Waals surface area contributed by atoms with Gasteiger partial charge in [0.05, 0.1) is 5.69 Å². The smallest absolute Gasteiger partial charge is 0.129 e. The van der Waals surface area contributed by atoms with E-state index in [1.807, 2.05) is 18.2 Å². The summed E-state index contributed by atoms with van der Waals surface area (Å²) in [5.74, 6) is 0.804. The number of hydrogen-bond acceptors (Lipinski definition) is 3. The average Bonchev–Trinajstić information content (AvgIpc) is 2.35. The molecule has 0 amide bonds. The Morgan fingerprint density at radius 1 is 1.06 bits per heavy atom. The predicted molar refractivity (Wildman–Crippen MR) is 76.3 cm³/mol. The maximum atomic E-state index is 5.98. The van der Waals surface area contributed by atoms with E-state index in [1.54, 1.807) is 6.07 Å². The molecule has 1 aromatic carbocycles. The number of anilines is 1. The summed E-state index contributed by atoms with van der Waals surface area (Å²) in [4.78, 5) is 8.39. The number of nitrogens with one attached hydrogen (secondary N) is 1. The molecule has 3 nitrogen and oxygen atoms in total. The summed E-state index contributed by atoms with van der Waals surface area (Å²) < 4.78 is 0. The van der Waals surface area contributed by atoms with Gasteiger partial charge in [-0.3, -0.25) is 0 Å². The van der Waals surface area contributed by atoms with Gasteiger partial charge in [0.15, 0.2) is 0 Å². The monoisotopic (exact) mass is 281 g/mol. The quantitative estimate of drug-likeness (QED) is 0.909. The van der Waals surface area contributed by atoms with Crippen LogP contribution in [0.25, 0.3) is 11.3 Å². The predicted octanol–water partition coefficient (Wildman–Crippen LogP) is 4.27. The molecule has 0 saturated carbocycles. The lowest BCUT2D eigenvalue weighted by molar-refractivity contribution is 0.965. The van der Waals surface area contributed by atoms with Gasteiger partial charge in [-0.2, -0.15) is 0 Å². The number of rotatable bonds is 4. The molecule has 0 saturated heterocycles. The van der Waals surface area contributed by atoms with E-state index >= 15 is 0 Å². The van der Waals surface area contributed by atoms with Gasteiger partial charge in [0.1, 0.15) is 12.1 Å². The Balaban J connectivity index is 2.32. The molecule has 2 aromatic rings. The molecule has 0 aliphatic carbocycles. The van der Waals surface area contributed by atoms with Crippen LogP contribution in [0.2, 0.25) is 10.0 Å². The highest BCUT2D eigenvalue weighted by atomic mass is 35.5. The second-order valence-electron chi connectivity index (χ2n) is 3.87. The van der Waals surface area contributed by atoms with Crippen LogP contribution in [0.3, 0.4) is 0 Å². The normalized spacial score (nSPS) is 10.4. The fourth-order valence-electron chi connectivity index (χ4n) is 1.57. The van der Waals surface area contributed by atoms with Gasteiger partial charge in [-0.05, 0) is 24.6 Å². The molecule has 2 rings (SSSR count). The Morgan fingerprint density at radius 2 is 1.78 bits per heavy atom. The lowest BCUT2D eigenvalue weighted by atomic mass is 10.1. The number of halogens is 2. The summed E-state index contributed by atoms with van der Waals surface area (Å²) in [6.07, 6.45) is 2.57. The van der Waals surface area contributed by atoms with E-state index in [2.05, 4.69) is 22.2 Å². The third kappa shape index (κ3) is 3.34. The molecule has 1 heterocycles. The third-order valence-electron chi connectivity index (χ3n) is 2.38. The fourth-order valence-corrected chi connectivity index (χ4v) is 2.09. The van der Waals surface area contributed by atoms with Gasteiger partial charge < -0.3 is 5.32 Å². The van der Waals surface area contributed by atoms with Gasteiger partial charge in [-0.1, -0.05) is 30.1 Å². The average molecular weight is 282 g/mol. The van der Waals surface area contributed by atoms with Crippen LogP contribution in [-0.4, -0.2) is 16.5 Å². The molecular formula is C13H13Cl2N3. The number of nitrogens with zero attached hydrogens (tertiary/aromatic N) is 2. The van der Waals surface area contributed by atoms with Gasteiger partial charge in [0, 0.05) is 28.2 Å². The highest BCUT2D eigenvalue weighted by Gasteiger charge is 2.04. The maximum absolute atomic E-state index is 5.98. The summed E-state index contributed by atoms with van der Waals surface area (Å²) in [6, 6.07) is 7.25. The zero-order valence-electron chi connectivity index (χ0n) is 9.95. The zero-order valence-corrected chi connectivity index (χ0v) is 11.5. The molecule has 0 aliphatic rings. The first-order valence-corrected chi connectivity index (χ1v) is 6.47. The molecule has 0 bridgehead atoms. The number of benzene rings is 1. The summed E-state index contributed by atoms with van der Waals surface area (Å²) >= 11 is 12.0. The first-order valence-electron chi connectivity index (χ1n) is 5.71. The van der Waals surface area contributed by atoms with E-state index in [0.29, 0.717) is 10.0 Å². The topological polar surface area (TPSA) is 37.8 Å². The summed E-state index contributed by atoms with van der Waals surface area (Å²) in [5, 5.41) is 4.41. The minimum atomic E-state index is 0.596. The fraction of sp³-hybridized carbons (Fsp3) is 0.231. The van der Waals surface area contributed by atoms with Crippen LogP contribution in [0.1, 0.15) is 13.3 Å². The summed E-state index contributed by atoms with van der Waals surface area (Å²) in [5.41, 5.74) is 1.68. The summed E-state index contributed by atoms with van der Waals surface area (Å²) in [6.45, 7) is 2.98. The van der Waals surface area contributed by atoms with E-state index < -0.39 is 0 Å². The van der Waals surface area contributed by atoms with Crippen LogP contribution in [0.4, 0.5) is 5.82 Å². The number of aromatic nitrogens is 2. The largest absolute Gasteiger partial charge is 0.370 e. The first-order chi connectivity index (χ1) is 8.69. The van der Waals surface area contributed by atoms with E-state index in [-0.39, 0.29) is 0 Å². The van der Waals surface area contributed by atoms with Crippen molar-refractivity contribution in [1.29, 1.82) is 0 Å². The van der Waals surface area contributed by atoms with Gasteiger partial charge in [0.2, 0.25) is 0 Å². The lowest BCUT2D eigenvalue weighted by Gasteiger charge is -2.06. The van der Waals surface area contributed by atoms with E-state index in [0.717, 1.165) is 30.0 Å². The molecule has 0 fully saturated rings. The Morgan fingerprint density at radius 3 is 2.44 bits per heavy atom. The molecule has 0 spiro atoms. The van der Waals surface area contributed by atoms with Gasteiger partial charge in [-0.25, -0.2) is 9.97 Å². The Kier molecular flexibility index (Phi) is 4.39. The first kappa shape index (κ1) is 13.1. The molecular weight excluding hydrogens is 269 g/mol. The minimum absolute atomic E-state index is 0.596. The molecule has 0 atom stereocenters. The van der Waals surface area contributed by atoms with Gasteiger partial charge in [-0.15, -0.1) is 0 Å². The molecule has 1 N–H and O–H groups in total. The van der Waals surface area contributed by atoms with Crippen molar-refractivity contribution in [2.24, 2.45) is 0 Å². The molecule has 1 aromatic heterocycles. The van der Waals surface area contributed by atoms with Crippen molar-refractivity contribution in [2.45, 2.75) is 13.3 Å². The zero-order chi connectivity index (χ0) is 13.0. The molecule has 94 valence electrons. The third-order valence-corrected chi connectivity index (χ3v) is 2.82. The standard InChI is InChI=1S/C13H13Cl2N3/c1-2-3-16-13-7-12(17-8-18-13)9-4-10(14)6-11(15)5-9/h4-8H,2-3H2,1H3,(H,16,17,18). The molecule has 0 aliphatic heterocycles. The van der Waals surface area contributed by atoms with E-state index in [9.17, 15) is 0 Å². The molecule has 18 heavy (non-hydrogen) atoms. The second kappa shape index (κ2) is 6.03. The highest BCUT2D eigenvalue weighted by molar-refractivity contribution is 6.35. The van der Waals surface area contributed by atoms with Crippen LogP contribution in [0, 0.1) is 0 Å². The Hall–Kier alpha value is -1.32. The number of hydrogen-bond donors (Lipinski definition) is 1. The van der Waals surface area contributed by atoms with Crippen LogP contribution >= 0.6 is 23.2 Å². The van der Waals surface area contributed by atoms with Crippen LogP contribution in [-0.2, 0) is 0 Å². The van der Waals surface area contributed by atoms with Crippen LogP contribution < -0.4 is 5.32 Å². The van der Waals surface area contributed by atoms with Crippen molar-refractivity contribution >= 4 is 29.0 Å². The van der Waals surface area contributed by atoms with E-state index in [1.165, 1.54) is 6.33 Å². The minimum Gasteiger partial charge on any atom is -0.370 e. The second-order valence-corrected chi connectivity index (χ2v) is 4.75. The van der Waals surface area contributed by atoms with Gasteiger partial charge in [0.25, 0.3) is 0 Å². The molecule has 0 radical (unpaired) electrons. The molecule has 5 heteroatoms. The Labute approximate surface area is 116 Å². The van der Waals surface area contributed by atoms with Crippen molar-refractivity contribution < 1.29 is 0 Å². The van der Waals surface area contributed by atoms with Crippen molar-refractivity contribution in [3.05, 3.63) is 40.6 Å². The van der Waals surface area contributed by atoms with E-state index in [4.69, 9.17) is 23.2 Å². The molecule has 0 unspecified atom stereocenters. The van der Waals surface area contributed by atoms with Crippen molar-refractivity contribution in [1.82, 2.24) is 9.97 Å². The lowest BCUT2D eigenvalue weighted by Crippen LogP contribution is -2.02. The Bertz CT molecular complexity index is 523. The summed E-state index contributed by atoms with van der Waals surface area (Å²) in [7, 11) is 0. The van der Waals surface area contributed by atoms with Crippen LogP contribution in [0.5, 0.6) is 0 Å².